The Morgan fingerprint density at radius 2 is 1.19 bits per heavy atom. The summed E-state index contributed by atoms with van der Waals surface area (Å²) < 4.78 is 6.97. The maximum absolute atomic E-state index is 6.07. The van der Waals surface area contributed by atoms with Gasteiger partial charge in [0.2, 0.25) is 0 Å². The fourth-order valence-electron chi connectivity index (χ4n) is 4.02. The molecule has 0 unspecified atom stereocenters. The van der Waals surface area contributed by atoms with Crippen LogP contribution in [0.25, 0.3) is 55.7 Å². The fraction of sp³-hybridized carbons (Fsp3) is 0. The summed E-state index contributed by atoms with van der Waals surface area (Å²) in [6, 6.07) is 35.2. The molecule has 152 valence electrons. The van der Waals surface area contributed by atoms with E-state index in [1.807, 2.05) is 30.3 Å². The average molecular weight is 524 g/mol. The number of benzene rings is 4. The molecule has 0 aliphatic heterocycles. The van der Waals surface area contributed by atoms with E-state index in [0.29, 0.717) is 0 Å². The molecule has 0 fully saturated rings. The van der Waals surface area contributed by atoms with Crippen LogP contribution in [0, 0.1) is 3.70 Å². The minimum Gasteiger partial charge on any atom is -0.456 e. The molecule has 0 N–H and O–H groups in total. The largest absolute Gasteiger partial charge is 0.456 e. The Kier molecular flexibility index (Phi) is 4.72. The maximum Gasteiger partial charge on any atom is 0.160 e. The van der Waals surface area contributed by atoms with E-state index >= 15 is 0 Å². The van der Waals surface area contributed by atoms with Gasteiger partial charge in [0.05, 0.1) is 5.69 Å². The highest BCUT2D eigenvalue weighted by Gasteiger charge is 2.11. The molecule has 3 nitrogen and oxygen atoms in total. The summed E-state index contributed by atoms with van der Waals surface area (Å²) in [5, 5.41) is 2.25. The number of para-hydroxylation sites is 1. The van der Waals surface area contributed by atoms with Gasteiger partial charge in [-0.15, -0.1) is 0 Å². The number of hydrogen-bond acceptors (Lipinski definition) is 3. The van der Waals surface area contributed by atoms with E-state index in [2.05, 4.69) is 100 Å². The number of nitrogens with zero attached hydrogens (tertiary/aromatic N) is 2. The second kappa shape index (κ2) is 7.88. The maximum atomic E-state index is 6.07. The molecule has 6 rings (SSSR count). The monoisotopic (exact) mass is 524 g/mol. The van der Waals surface area contributed by atoms with Crippen LogP contribution < -0.4 is 0 Å². The standard InChI is InChI=1S/C28H17IN2O/c29-27-17-24(21-14-15-23-22-8-4-5-9-25(22)32-26(23)16-21)30-28(31-27)20-12-10-19(11-13-20)18-6-2-1-3-7-18/h1-17H. The van der Waals surface area contributed by atoms with E-state index < -0.39 is 0 Å². The molecular formula is C28H17IN2O. The highest BCUT2D eigenvalue weighted by molar-refractivity contribution is 14.1. The lowest BCUT2D eigenvalue weighted by molar-refractivity contribution is 0.669. The van der Waals surface area contributed by atoms with Crippen LogP contribution in [0.3, 0.4) is 0 Å². The number of rotatable bonds is 3. The van der Waals surface area contributed by atoms with Gasteiger partial charge >= 0.3 is 0 Å². The summed E-state index contributed by atoms with van der Waals surface area (Å²) in [6.45, 7) is 0. The van der Waals surface area contributed by atoms with Crippen molar-refractivity contribution >= 4 is 44.5 Å². The van der Waals surface area contributed by atoms with E-state index in [-0.39, 0.29) is 0 Å². The predicted molar refractivity (Wildman–Crippen MR) is 138 cm³/mol. The first kappa shape index (κ1) is 19.2. The summed E-state index contributed by atoms with van der Waals surface area (Å²) >= 11 is 2.26. The molecule has 0 atom stereocenters. The number of aromatic nitrogens is 2. The Morgan fingerprint density at radius 3 is 2.03 bits per heavy atom. The molecule has 2 aromatic heterocycles. The lowest BCUT2D eigenvalue weighted by Crippen LogP contribution is -1.95. The molecule has 6 aromatic rings. The number of fused-ring (bicyclic) bond motifs is 3. The SMILES string of the molecule is Ic1cc(-c2ccc3c(c2)oc2ccccc23)nc(-c2ccc(-c3ccccc3)cc2)n1. The van der Waals surface area contributed by atoms with Gasteiger partial charge in [0.1, 0.15) is 14.9 Å². The summed E-state index contributed by atoms with van der Waals surface area (Å²) in [5.41, 5.74) is 7.03. The third kappa shape index (κ3) is 3.46. The van der Waals surface area contributed by atoms with Crippen molar-refractivity contribution < 1.29 is 4.42 Å². The van der Waals surface area contributed by atoms with Gasteiger partial charge in [-0.2, -0.15) is 0 Å². The Labute approximate surface area is 198 Å². The summed E-state index contributed by atoms with van der Waals surface area (Å²) in [5.74, 6) is 0.719. The third-order valence-corrected chi connectivity index (χ3v) is 6.17. The topological polar surface area (TPSA) is 38.9 Å². The molecule has 0 aliphatic carbocycles. The summed E-state index contributed by atoms with van der Waals surface area (Å²) in [4.78, 5) is 9.56. The van der Waals surface area contributed by atoms with E-state index in [1.165, 1.54) is 11.1 Å². The minimum atomic E-state index is 0.719. The number of furan rings is 1. The van der Waals surface area contributed by atoms with Crippen molar-refractivity contribution in [2.75, 3.05) is 0 Å². The van der Waals surface area contributed by atoms with Crippen LogP contribution in [-0.2, 0) is 0 Å². The van der Waals surface area contributed by atoms with Crippen LogP contribution in [0.15, 0.2) is 108 Å². The molecule has 32 heavy (non-hydrogen) atoms. The zero-order valence-corrected chi connectivity index (χ0v) is 19.2. The molecule has 0 bridgehead atoms. The predicted octanol–water partition coefficient (Wildman–Crippen LogP) is 7.98. The van der Waals surface area contributed by atoms with Gasteiger partial charge in [0, 0.05) is 21.9 Å². The fourth-order valence-corrected chi connectivity index (χ4v) is 4.55. The quantitative estimate of drug-likeness (QED) is 0.174. The van der Waals surface area contributed by atoms with Crippen LogP contribution in [0.1, 0.15) is 0 Å². The normalized spacial score (nSPS) is 11.3. The first-order valence-corrected chi connectivity index (χ1v) is 11.4. The lowest BCUT2D eigenvalue weighted by atomic mass is 10.0. The van der Waals surface area contributed by atoms with E-state index in [4.69, 9.17) is 9.40 Å². The second-order valence-corrected chi connectivity index (χ2v) is 8.76. The van der Waals surface area contributed by atoms with Gasteiger partial charge in [-0.3, -0.25) is 0 Å². The van der Waals surface area contributed by atoms with Crippen molar-refractivity contribution in [3.8, 4) is 33.8 Å². The zero-order chi connectivity index (χ0) is 21.5. The van der Waals surface area contributed by atoms with E-state index in [9.17, 15) is 0 Å². The van der Waals surface area contributed by atoms with Crippen LogP contribution in [-0.4, -0.2) is 9.97 Å². The van der Waals surface area contributed by atoms with Crippen LogP contribution >= 0.6 is 22.6 Å². The molecule has 4 aromatic carbocycles. The number of halogens is 1. The van der Waals surface area contributed by atoms with Crippen molar-refractivity contribution in [3.63, 3.8) is 0 Å². The van der Waals surface area contributed by atoms with Crippen molar-refractivity contribution in [2.45, 2.75) is 0 Å². The Bertz CT molecular complexity index is 1570. The number of hydrogen-bond donors (Lipinski definition) is 0. The van der Waals surface area contributed by atoms with Gasteiger partial charge in [-0.1, -0.05) is 78.9 Å². The van der Waals surface area contributed by atoms with Gasteiger partial charge in [0.15, 0.2) is 5.82 Å². The van der Waals surface area contributed by atoms with Crippen molar-refractivity contribution in [1.29, 1.82) is 0 Å². The van der Waals surface area contributed by atoms with Crippen LogP contribution in [0.5, 0.6) is 0 Å². The van der Waals surface area contributed by atoms with Crippen molar-refractivity contribution in [3.05, 3.63) is 107 Å². The Morgan fingerprint density at radius 1 is 0.531 bits per heavy atom. The molecular weight excluding hydrogens is 507 g/mol. The van der Waals surface area contributed by atoms with E-state index in [1.54, 1.807) is 0 Å². The highest BCUT2D eigenvalue weighted by Crippen LogP contribution is 2.32. The molecule has 4 heteroatoms. The molecule has 0 amide bonds. The first-order chi connectivity index (χ1) is 15.7. The molecule has 0 spiro atoms. The van der Waals surface area contributed by atoms with Gasteiger partial charge in [-0.05, 0) is 58.0 Å². The van der Waals surface area contributed by atoms with Gasteiger partial charge in [-0.25, -0.2) is 9.97 Å². The van der Waals surface area contributed by atoms with Crippen molar-refractivity contribution in [2.24, 2.45) is 0 Å². The van der Waals surface area contributed by atoms with Gasteiger partial charge in [0.25, 0.3) is 0 Å². The molecule has 0 saturated carbocycles. The van der Waals surface area contributed by atoms with Crippen molar-refractivity contribution in [1.82, 2.24) is 9.97 Å². The summed E-state index contributed by atoms with van der Waals surface area (Å²) in [6.07, 6.45) is 0. The zero-order valence-electron chi connectivity index (χ0n) is 17.0. The van der Waals surface area contributed by atoms with Gasteiger partial charge < -0.3 is 4.42 Å². The molecule has 2 heterocycles. The Balaban J connectivity index is 1.40. The molecule has 0 radical (unpaired) electrons. The van der Waals surface area contributed by atoms with E-state index in [0.717, 1.165) is 48.3 Å². The second-order valence-electron chi connectivity index (χ2n) is 7.65. The average Bonchev–Trinajstić information content (AvgIpc) is 3.22. The smallest absolute Gasteiger partial charge is 0.160 e. The molecule has 0 saturated heterocycles. The van der Waals surface area contributed by atoms with Crippen LogP contribution in [0.4, 0.5) is 0 Å². The molecule has 0 aliphatic rings. The first-order valence-electron chi connectivity index (χ1n) is 10.4. The minimum absolute atomic E-state index is 0.719. The summed E-state index contributed by atoms with van der Waals surface area (Å²) in [7, 11) is 0. The Hall–Kier alpha value is -3.51. The highest BCUT2D eigenvalue weighted by atomic mass is 127. The van der Waals surface area contributed by atoms with Crippen LogP contribution in [0.2, 0.25) is 0 Å². The lowest BCUT2D eigenvalue weighted by Gasteiger charge is -2.07. The third-order valence-electron chi connectivity index (χ3n) is 5.62.